The molecule has 7 nitrogen and oxygen atoms in total. The Labute approximate surface area is 208 Å². The molecule has 0 radical (unpaired) electrons. The predicted octanol–water partition coefficient (Wildman–Crippen LogP) is 3.99. The van der Waals surface area contributed by atoms with Crippen molar-refractivity contribution in [3.8, 4) is 0 Å². The number of halogens is 1. The van der Waals surface area contributed by atoms with Gasteiger partial charge in [-0.2, -0.15) is 0 Å². The first-order valence-corrected chi connectivity index (χ1v) is 13.5. The Morgan fingerprint density at radius 3 is 2.26 bits per heavy atom. The molecule has 0 aromatic heterocycles. The van der Waals surface area contributed by atoms with Crippen LogP contribution in [0.15, 0.2) is 48.5 Å². The smallest absolute Gasteiger partial charge is 0.244 e. The highest BCUT2D eigenvalue weighted by molar-refractivity contribution is 7.92. The van der Waals surface area contributed by atoms with Crippen molar-refractivity contribution >= 4 is 39.1 Å². The van der Waals surface area contributed by atoms with E-state index in [2.05, 4.69) is 5.32 Å². The van der Waals surface area contributed by atoms with Gasteiger partial charge in [0.1, 0.15) is 12.6 Å². The van der Waals surface area contributed by atoms with E-state index >= 15 is 0 Å². The first-order chi connectivity index (χ1) is 15.9. The fourth-order valence-electron chi connectivity index (χ4n) is 3.48. The lowest BCUT2D eigenvalue weighted by atomic mass is 10.1. The van der Waals surface area contributed by atoms with E-state index in [-0.39, 0.29) is 24.1 Å². The van der Waals surface area contributed by atoms with Crippen molar-refractivity contribution in [2.24, 2.45) is 5.92 Å². The summed E-state index contributed by atoms with van der Waals surface area (Å²) in [6, 6.07) is 13.3. The maximum atomic E-state index is 13.6. The van der Waals surface area contributed by atoms with Gasteiger partial charge in [-0.3, -0.25) is 13.9 Å². The van der Waals surface area contributed by atoms with Crippen molar-refractivity contribution in [1.82, 2.24) is 10.2 Å². The van der Waals surface area contributed by atoms with Crippen LogP contribution in [0.25, 0.3) is 0 Å². The van der Waals surface area contributed by atoms with Crippen molar-refractivity contribution in [1.29, 1.82) is 0 Å². The number of carbonyl (C=O) groups is 2. The Kier molecular flexibility index (Phi) is 9.94. The molecule has 2 aromatic rings. The number of sulfonamides is 1. The Bertz CT molecular complexity index is 1090. The molecule has 0 saturated heterocycles. The fourth-order valence-corrected chi connectivity index (χ4v) is 4.50. The summed E-state index contributed by atoms with van der Waals surface area (Å²) in [7, 11) is -3.79. The summed E-state index contributed by atoms with van der Waals surface area (Å²) in [5.74, 6) is -0.478. The first-order valence-electron chi connectivity index (χ1n) is 11.3. The van der Waals surface area contributed by atoms with Gasteiger partial charge in [0.25, 0.3) is 0 Å². The number of aryl methyl sites for hydroxylation is 1. The summed E-state index contributed by atoms with van der Waals surface area (Å²) in [4.78, 5) is 28.1. The number of nitrogens with zero attached hydrogens (tertiary/aromatic N) is 2. The molecule has 0 fully saturated rings. The molecule has 186 valence electrons. The van der Waals surface area contributed by atoms with Crippen molar-refractivity contribution in [2.75, 3.05) is 23.7 Å². The SMILES string of the molecule is CCC(C(=O)NCC(C)C)N(Cc1ccc(C)cc1)C(=O)CN(c1cccc(Cl)c1)S(C)(=O)=O. The zero-order valence-electron chi connectivity index (χ0n) is 20.4. The summed E-state index contributed by atoms with van der Waals surface area (Å²) >= 11 is 6.06. The molecule has 0 bridgehead atoms. The van der Waals surface area contributed by atoms with Crippen molar-refractivity contribution < 1.29 is 18.0 Å². The van der Waals surface area contributed by atoms with Crippen molar-refractivity contribution in [3.05, 3.63) is 64.7 Å². The van der Waals surface area contributed by atoms with E-state index in [0.717, 1.165) is 21.7 Å². The van der Waals surface area contributed by atoms with Crippen LogP contribution in [0, 0.1) is 12.8 Å². The van der Waals surface area contributed by atoms with E-state index in [1.54, 1.807) is 18.2 Å². The van der Waals surface area contributed by atoms with Crippen LogP contribution in [0.2, 0.25) is 5.02 Å². The Morgan fingerprint density at radius 2 is 1.74 bits per heavy atom. The molecule has 9 heteroatoms. The van der Waals surface area contributed by atoms with Gasteiger partial charge in [0, 0.05) is 18.1 Å². The quantitative estimate of drug-likeness (QED) is 0.498. The second-order valence-corrected chi connectivity index (χ2v) is 11.2. The van der Waals surface area contributed by atoms with Gasteiger partial charge < -0.3 is 10.2 Å². The van der Waals surface area contributed by atoms with Crippen molar-refractivity contribution in [3.63, 3.8) is 0 Å². The maximum absolute atomic E-state index is 13.6. The van der Waals surface area contributed by atoms with E-state index in [1.165, 1.54) is 11.0 Å². The third kappa shape index (κ3) is 8.02. The van der Waals surface area contributed by atoms with E-state index in [0.29, 0.717) is 18.0 Å². The number of nitrogens with one attached hydrogen (secondary N) is 1. The van der Waals surface area contributed by atoms with E-state index in [1.807, 2.05) is 52.0 Å². The van der Waals surface area contributed by atoms with Gasteiger partial charge >= 0.3 is 0 Å². The zero-order valence-corrected chi connectivity index (χ0v) is 22.0. The molecular weight excluding hydrogens is 474 g/mol. The fraction of sp³-hybridized carbons (Fsp3) is 0.440. The van der Waals surface area contributed by atoms with Gasteiger partial charge in [-0.15, -0.1) is 0 Å². The molecule has 1 unspecified atom stereocenters. The molecule has 34 heavy (non-hydrogen) atoms. The molecule has 0 aliphatic heterocycles. The minimum atomic E-state index is -3.79. The normalized spacial score (nSPS) is 12.3. The summed E-state index contributed by atoms with van der Waals surface area (Å²) in [5.41, 5.74) is 2.21. The van der Waals surface area contributed by atoms with E-state index < -0.39 is 28.5 Å². The molecule has 2 rings (SSSR count). The number of hydrogen-bond donors (Lipinski definition) is 1. The van der Waals surface area contributed by atoms with Crippen LogP contribution in [-0.2, 0) is 26.2 Å². The van der Waals surface area contributed by atoms with Crippen LogP contribution in [0.5, 0.6) is 0 Å². The molecule has 2 amide bonds. The highest BCUT2D eigenvalue weighted by Crippen LogP contribution is 2.23. The minimum absolute atomic E-state index is 0.180. The van der Waals surface area contributed by atoms with Crippen LogP contribution < -0.4 is 9.62 Å². The average Bonchev–Trinajstić information content (AvgIpc) is 2.76. The number of amides is 2. The van der Waals surface area contributed by atoms with E-state index in [9.17, 15) is 18.0 Å². The van der Waals surface area contributed by atoms with Crippen LogP contribution in [0.4, 0.5) is 5.69 Å². The Balaban J connectivity index is 2.41. The number of hydrogen-bond acceptors (Lipinski definition) is 4. The van der Waals surface area contributed by atoms with Gasteiger partial charge in [-0.1, -0.05) is 68.3 Å². The number of anilines is 1. The van der Waals surface area contributed by atoms with Gasteiger partial charge in [0.05, 0.1) is 11.9 Å². The molecule has 1 atom stereocenters. The van der Waals surface area contributed by atoms with E-state index in [4.69, 9.17) is 11.6 Å². The lowest BCUT2D eigenvalue weighted by Crippen LogP contribution is -2.52. The summed E-state index contributed by atoms with van der Waals surface area (Å²) in [5, 5.41) is 3.26. The summed E-state index contributed by atoms with van der Waals surface area (Å²) in [6.45, 7) is 8.01. The summed E-state index contributed by atoms with van der Waals surface area (Å²) in [6.07, 6.45) is 1.43. The average molecular weight is 508 g/mol. The van der Waals surface area contributed by atoms with Gasteiger partial charge in [0.15, 0.2) is 0 Å². The third-order valence-corrected chi connectivity index (χ3v) is 6.70. The second-order valence-electron chi connectivity index (χ2n) is 8.82. The van der Waals surface area contributed by atoms with Gasteiger partial charge in [0.2, 0.25) is 21.8 Å². The molecule has 2 aromatic carbocycles. The van der Waals surface area contributed by atoms with Crippen molar-refractivity contribution in [2.45, 2.75) is 46.7 Å². The van der Waals surface area contributed by atoms with Crippen LogP contribution >= 0.6 is 11.6 Å². The highest BCUT2D eigenvalue weighted by atomic mass is 35.5. The third-order valence-electron chi connectivity index (χ3n) is 5.32. The Morgan fingerprint density at radius 1 is 1.09 bits per heavy atom. The maximum Gasteiger partial charge on any atom is 0.244 e. The standard InChI is InChI=1S/C25H34ClN3O4S/c1-6-23(25(31)27-15-18(2)3)28(16-20-12-10-19(4)11-13-20)24(30)17-29(34(5,32)33)22-9-7-8-21(26)14-22/h7-14,18,23H,6,15-17H2,1-5H3,(H,27,31). The van der Waals surface area contributed by atoms with Gasteiger partial charge in [-0.05, 0) is 43.0 Å². The Hall–Kier alpha value is -2.58. The number of benzene rings is 2. The molecule has 0 heterocycles. The molecule has 0 spiro atoms. The molecule has 0 aliphatic rings. The van der Waals surface area contributed by atoms with Crippen LogP contribution in [-0.4, -0.2) is 50.5 Å². The first kappa shape index (κ1) is 27.7. The molecular formula is C25H34ClN3O4S. The predicted molar refractivity (Wildman–Crippen MR) is 137 cm³/mol. The second kappa shape index (κ2) is 12.2. The molecule has 1 N–H and O–H groups in total. The van der Waals surface area contributed by atoms with Gasteiger partial charge in [-0.25, -0.2) is 8.42 Å². The monoisotopic (exact) mass is 507 g/mol. The number of carbonyl (C=O) groups excluding carboxylic acids is 2. The molecule has 0 saturated carbocycles. The minimum Gasteiger partial charge on any atom is -0.354 e. The van der Waals surface area contributed by atoms with Crippen LogP contribution in [0.1, 0.15) is 38.3 Å². The zero-order chi connectivity index (χ0) is 25.5. The molecule has 0 aliphatic carbocycles. The largest absolute Gasteiger partial charge is 0.354 e. The highest BCUT2D eigenvalue weighted by Gasteiger charge is 2.31. The topological polar surface area (TPSA) is 86.8 Å². The number of rotatable bonds is 11. The lowest BCUT2D eigenvalue weighted by molar-refractivity contribution is -0.140. The summed E-state index contributed by atoms with van der Waals surface area (Å²) < 4.78 is 26.2. The van der Waals surface area contributed by atoms with Crippen LogP contribution in [0.3, 0.4) is 0 Å². The lowest BCUT2D eigenvalue weighted by Gasteiger charge is -2.33.